The van der Waals surface area contributed by atoms with Crippen LogP contribution >= 0.6 is 23.2 Å². The lowest BCUT2D eigenvalue weighted by atomic mass is 9.77. The Balaban J connectivity index is 2.92. The summed E-state index contributed by atoms with van der Waals surface area (Å²) in [7, 11) is 2.00. The Bertz CT molecular complexity index is 359. The lowest BCUT2D eigenvalue weighted by Gasteiger charge is -2.32. The summed E-state index contributed by atoms with van der Waals surface area (Å²) in [4.78, 5) is 0. The summed E-state index contributed by atoms with van der Waals surface area (Å²) in [6.07, 6.45) is 3.28. The van der Waals surface area contributed by atoms with Crippen LogP contribution in [0.2, 0.25) is 10.0 Å². The Labute approximate surface area is 115 Å². The van der Waals surface area contributed by atoms with E-state index in [1.807, 2.05) is 25.2 Å². The second kappa shape index (κ2) is 6.63. The highest BCUT2D eigenvalue weighted by Gasteiger charge is 2.26. The molecule has 0 heterocycles. The Morgan fingerprint density at radius 1 is 1.18 bits per heavy atom. The van der Waals surface area contributed by atoms with E-state index in [9.17, 15) is 0 Å². The van der Waals surface area contributed by atoms with E-state index in [1.165, 1.54) is 5.56 Å². The van der Waals surface area contributed by atoms with Crippen molar-refractivity contribution >= 4 is 23.2 Å². The summed E-state index contributed by atoms with van der Waals surface area (Å²) in [5, 5.41) is 4.77. The van der Waals surface area contributed by atoms with E-state index >= 15 is 0 Å². The Morgan fingerprint density at radius 2 is 1.82 bits per heavy atom. The first-order chi connectivity index (χ1) is 8.06. The Hall–Kier alpha value is -0.240. The molecule has 0 aliphatic carbocycles. The number of hydrogen-bond acceptors (Lipinski definition) is 1. The zero-order chi connectivity index (χ0) is 12.9. The van der Waals surface area contributed by atoms with Crippen molar-refractivity contribution in [3.8, 4) is 0 Å². The van der Waals surface area contributed by atoms with Crippen molar-refractivity contribution in [2.45, 2.75) is 33.1 Å². The summed E-state index contributed by atoms with van der Waals surface area (Å²) in [5.41, 5.74) is 1.47. The number of benzene rings is 1. The predicted molar refractivity (Wildman–Crippen MR) is 77.1 cm³/mol. The van der Waals surface area contributed by atoms with Crippen LogP contribution in [0.1, 0.15) is 32.3 Å². The van der Waals surface area contributed by atoms with Gasteiger partial charge < -0.3 is 5.32 Å². The molecule has 17 heavy (non-hydrogen) atoms. The first-order valence-electron chi connectivity index (χ1n) is 6.15. The van der Waals surface area contributed by atoms with Crippen LogP contribution in [0.25, 0.3) is 0 Å². The van der Waals surface area contributed by atoms with Gasteiger partial charge in [0.05, 0.1) is 0 Å². The minimum absolute atomic E-state index is 0.284. The molecule has 0 saturated heterocycles. The average molecular weight is 274 g/mol. The summed E-state index contributed by atoms with van der Waals surface area (Å²) < 4.78 is 0. The minimum Gasteiger partial charge on any atom is -0.319 e. The first kappa shape index (κ1) is 14.8. The zero-order valence-electron chi connectivity index (χ0n) is 10.8. The van der Waals surface area contributed by atoms with E-state index in [1.54, 1.807) is 0 Å². The van der Waals surface area contributed by atoms with E-state index in [2.05, 4.69) is 19.2 Å². The molecule has 1 aromatic rings. The summed E-state index contributed by atoms with van der Waals surface area (Å²) in [6.45, 7) is 5.49. The van der Waals surface area contributed by atoms with E-state index in [-0.39, 0.29) is 5.41 Å². The number of nitrogens with one attached hydrogen (secondary N) is 1. The first-order valence-corrected chi connectivity index (χ1v) is 6.91. The highest BCUT2D eigenvalue weighted by molar-refractivity contribution is 6.35. The van der Waals surface area contributed by atoms with E-state index < -0.39 is 0 Å². The summed E-state index contributed by atoms with van der Waals surface area (Å²) in [6, 6.07) is 5.78. The average Bonchev–Trinajstić information content (AvgIpc) is 2.32. The smallest absolute Gasteiger partial charge is 0.0453 e. The van der Waals surface area contributed by atoms with E-state index in [0.717, 1.165) is 30.8 Å². The minimum atomic E-state index is 0.284. The summed E-state index contributed by atoms with van der Waals surface area (Å²) in [5.74, 6) is 0. The molecule has 0 aliphatic heterocycles. The molecule has 3 heteroatoms. The van der Waals surface area contributed by atoms with Crippen LogP contribution in [0, 0.1) is 5.41 Å². The standard InChI is InChI=1S/C14H21Cl2N/c1-4-14(5-2,10-17-3)9-11-6-7-12(15)8-13(11)16/h6-8,17H,4-5,9-10H2,1-3H3. The third kappa shape index (κ3) is 3.87. The molecule has 0 spiro atoms. The van der Waals surface area contributed by atoms with Gasteiger partial charge in [0.15, 0.2) is 0 Å². The number of hydrogen-bond donors (Lipinski definition) is 1. The fraction of sp³-hybridized carbons (Fsp3) is 0.571. The molecule has 0 amide bonds. The van der Waals surface area contributed by atoms with Crippen molar-refractivity contribution in [2.75, 3.05) is 13.6 Å². The third-order valence-electron chi connectivity index (χ3n) is 3.63. The van der Waals surface area contributed by atoms with Gasteiger partial charge in [-0.05, 0) is 49.4 Å². The normalized spacial score (nSPS) is 11.8. The van der Waals surface area contributed by atoms with Crippen molar-refractivity contribution in [1.29, 1.82) is 0 Å². The van der Waals surface area contributed by atoms with Crippen LogP contribution in [-0.4, -0.2) is 13.6 Å². The maximum Gasteiger partial charge on any atom is 0.0453 e. The van der Waals surface area contributed by atoms with Gasteiger partial charge in [0.2, 0.25) is 0 Å². The molecule has 0 aliphatic rings. The SMILES string of the molecule is CCC(CC)(CNC)Cc1ccc(Cl)cc1Cl. The molecule has 1 nitrogen and oxygen atoms in total. The number of rotatable bonds is 6. The number of halogens is 2. The lowest BCUT2D eigenvalue weighted by Crippen LogP contribution is -2.33. The van der Waals surface area contributed by atoms with Gasteiger partial charge in [-0.15, -0.1) is 0 Å². The largest absolute Gasteiger partial charge is 0.319 e. The van der Waals surface area contributed by atoms with Crippen LogP contribution in [0.4, 0.5) is 0 Å². The van der Waals surface area contributed by atoms with Crippen LogP contribution in [0.3, 0.4) is 0 Å². The molecule has 1 rings (SSSR count). The molecule has 1 N–H and O–H groups in total. The van der Waals surface area contributed by atoms with Crippen molar-refractivity contribution in [2.24, 2.45) is 5.41 Å². The fourth-order valence-corrected chi connectivity index (χ4v) is 2.73. The fourth-order valence-electron chi connectivity index (χ4n) is 2.26. The molecular weight excluding hydrogens is 253 g/mol. The van der Waals surface area contributed by atoms with Crippen molar-refractivity contribution < 1.29 is 0 Å². The van der Waals surface area contributed by atoms with Gasteiger partial charge in [0.1, 0.15) is 0 Å². The van der Waals surface area contributed by atoms with Gasteiger partial charge in [-0.3, -0.25) is 0 Å². The molecule has 0 aromatic heterocycles. The second-order valence-corrected chi connectivity index (χ2v) is 5.49. The zero-order valence-corrected chi connectivity index (χ0v) is 12.3. The van der Waals surface area contributed by atoms with E-state index in [0.29, 0.717) is 5.02 Å². The van der Waals surface area contributed by atoms with Gasteiger partial charge in [0, 0.05) is 16.6 Å². The van der Waals surface area contributed by atoms with Gasteiger partial charge in [0.25, 0.3) is 0 Å². The molecule has 0 bridgehead atoms. The monoisotopic (exact) mass is 273 g/mol. The predicted octanol–water partition coefficient (Wildman–Crippen LogP) is 4.56. The van der Waals surface area contributed by atoms with Crippen molar-refractivity contribution in [3.63, 3.8) is 0 Å². The molecule has 0 saturated carbocycles. The topological polar surface area (TPSA) is 12.0 Å². The highest BCUT2D eigenvalue weighted by atomic mass is 35.5. The van der Waals surface area contributed by atoms with Gasteiger partial charge in [-0.25, -0.2) is 0 Å². The van der Waals surface area contributed by atoms with Crippen LogP contribution < -0.4 is 5.32 Å². The Morgan fingerprint density at radius 3 is 2.29 bits per heavy atom. The molecular formula is C14H21Cl2N. The highest BCUT2D eigenvalue weighted by Crippen LogP contribution is 2.33. The van der Waals surface area contributed by atoms with Crippen LogP contribution in [0.5, 0.6) is 0 Å². The van der Waals surface area contributed by atoms with Crippen LogP contribution in [-0.2, 0) is 6.42 Å². The second-order valence-electron chi connectivity index (χ2n) is 4.65. The molecule has 0 radical (unpaired) electrons. The Kier molecular flexibility index (Phi) is 5.78. The lowest BCUT2D eigenvalue weighted by molar-refractivity contribution is 0.253. The quantitative estimate of drug-likeness (QED) is 0.801. The maximum absolute atomic E-state index is 6.24. The van der Waals surface area contributed by atoms with Crippen LogP contribution in [0.15, 0.2) is 18.2 Å². The molecule has 1 aromatic carbocycles. The van der Waals surface area contributed by atoms with Crippen molar-refractivity contribution in [3.05, 3.63) is 33.8 Å². The molecule has 0 atom stereocenters. The maximum atomic E-state index is 6.24. The third-order valence-corrected chi connectivity index (χ3v) is 4.22. The molecule has 0 fully saturated rings. The van der Waals surface area contributed by atoms with Crippen molar-refractivity contribution in [1.82, 2.24) is 5.32 Å². The molecule has 0 unspecified atom stereocenters. The van der Waals surface area contributed by atoms with Gasteiger partial charge in [-0.2, -0.15) is 0 Å². The summed E-state index contributed by atoms with van der Waals surface area (Å²) >= 11 is 12.2. The molecule has 96 valence electrons. The van der Waals surface area contributed by atoms with Gasteiger partial charge in [-0.1, -0.05) is 43.1 Å². The van der Waals surface area contributed by atoms with Gasteiger partial charge >= 0.3 is 0 Å². The van der Waals surface area contributed by atoms with E-state index in [4.69, 9.17) is 23.2 Å².